The third-order valence-corrected chi connectivity index (χ3v) is 12.0. The predicted molar refractivity (Wildman–Crippen MR) is 173 cm³/mol. The van der Waals surface area contributed by atoms with Gasteiger partial charge < -0.3 is 10.6 Å². The number of hydrogen-bond donors (Lipinski definition) is 3. The molecule has 1 saturated heterocycles. The van der Waals surface area contributed by atoms with Crippen LogP contribution in [-0.4, -0.2) is 43.5 Å². The van der Waals surface area contributed by atoms with Crippen molar-refractivity contribution in [2.75, 3.05) is 5.32 Å². The van der Waals surface area contributed by atoms with Crippen LogP contribution in [0.25, 0.3) is 0 Å². The first-order valence-corrected chi connectivity index (χ1v) is 17.7. The molecule has 7 nitrogen and oxygen atoms in total. The van der Waals surface area contributed by atoms with Gasteiger partial charge in [0.05, 0.1) is 16.3 Å². The molecule has 11 heteroatoms. The zero-order chi connectivity index (χ0) is 32.2. The fourth-order valence-corrected chi connectivity index (χ4v) is 8.79. The van der Waals surface area contributed by atoms with E-state index in [1.165, 1.54) is 6.07 Å². The Morgan fingerprint density at radius 1 is 1.11 bits per heavy atom. The number of Topliss-reactive ketones (excluding diaryl/α,β-unsaturated/α-hetero) is 1. The number of sulfonamides is 1. The quantitative estimate of drug-likeness (QED) is 0.290. The molecular formula is C33H42Cl2FN3O4S. The molecule has 2 heterocycles. The van der Waals surface area contributed by atoms with Crippen LogP contribution in [-0.2, 0) is 25.0 Å². The van der Waals surface area contributed by atoms with E-state index in [-0.39, 0.29) is 46.1 Å². The monoisotopic (exact) mass is 665 g/mol. The van der Waals surface area contributed by atoms with E-state index in [1.807, 2.05) is 6.07 Å². The predicted octanol–water partition coefficient (Wildman–Crippen LogP) is 6.73. The molecule has 0 aromatic heterocycles. The highest BCUT2D eigenvalue weighted by molar-refractivity contribution is 7.90. The lowest BCUT2D eigenvalue weighted by molar-refractivity contribution is -0.123. The summed E-state index contributed by atoms with van der Waals surface area (Å²) in [6.07, 6.45) is 3.46. The SMILES string of the molecule is CC(C)S(=O)(=O)NC1CCC(CC(=O)[C@@H]2N[C@H](CC(C)(C)C)[C@]3(C(=O)Nc4cc(Cl)ccc43)[C@H]2c2cccc(Cl)c2F)CC1. The first kappa shape index (κ1) is 33.3. The molecule has 0 bridgehead atoms. The minimum atomic E-state index is -3.38. The lowest BCUT2D eigenvalue weighted by Gasteiger charge is -2.38. The van der Waals surface area contributed by atoms with Crippen LogP contribution < -0.4 is 15.4 Å². The van der Waals surface area contributed by atoms with Gasteiger partial charge in [-0.25, -0.2) is 17.5 Å². The third-order valence-electron chi connectivity index (χ3n) is 9.57. The van der Waals surface area contributed by atoms with E-state index in [4.69, 9.17) is 23.2 Å². The molecule has 1 spiro atoms. The summed E-state index contributed by atoms with van der Waals surface area (Å²) >= 11 is 12.6. The largest absolute Gasteiger partial charge is 0.325 e. The number of halogens is 3. The van der Waals surface area contributed by atoms with Gasteiger partial charge in [-0.15, -0.1) is 0 Å². The Morgan fingerprint density at radius 2 is 1.80 bits per heavy atom. The summed E-state index contributed by atoms with van der Waals surface area (Å²) < 4.78 is 43.6. The first-order valence-electron chi connectivity index (χ1n) is 15.4. The maximum Gasteiger partial charge on any atom is 0.237 e. The van der Waals surface area contributed by atoms with E-state index in [2.05, 4.69) is 36.1 Å². The average Bonchev–Trinajstić information content (AvgIpc) is 3.40. The summed E-state index contributed by atoms with van der Waals surface area (Å²) in [6, 6.07) is 8.50. The van der Waals surface area contributed by atoms with Gasteiger partial charge in [-0.2, -0.15) is 0 Å². The van der Waals surface area contributed by atoms with Crippen molar-refractivity contribution >= 4 is 50.6 Å². The topological polar surface area (TPSA) is 104 Å². The average molecular weight is 667 g/mol. The Labute approximate surface area is 270 Å². The summed E-state index contributed by atoms with van der Waals surface area (Å²) in [4.78, 5) is 28.6. The number of hydrogen-bond acceptors (Lipinski definition) is 5. The Morgan fingerprint density at radius 3 is 2.43 bits per heavy atom. The van der Waals surface area contributed by atoms with Crippen LogP contribution in [0.1, 0.15) is 90.2 Å². The van der Waals surface area contributed by atoms with Crippen molar-refractivity contribution in [3.05, 3.63) is 63.4 Å². The van der Waals surface area contributed by atoms with E-state index >= 15 is 4.39 Å². The molecule has 3 N–H and O–H groups in total. The molecule has 2 aromatic carbocycles. The van der Waals surface area contributed by atoms with Gasteiger partial charge in [0, 0.05) is 35.1 Å². The van der Waals surface area contributed by atoms with Crippen LogP contribution in [0.5, 0.6) is 0 Å². The third kappa shape index (κ3) is 6.19. The second kappa shape index (κ2) is 12.3. The molecule has 0 unspecified atom stereocenters. The van der Waals surface area contributed by atoms with Gasteiger partial charge in [-0.05, 0) is 86.6 Å². The molecule has 0 radical (unpaired) electrons. The molecule has 2 aromatic rings. The number of ketones is 1. The number of anilines is 1. The molecule has 4 atom stereocenters. The normalized spacial score (nSPS) is 28.8. The summed E-state index contributed by atoms with van der Waals surface area (Å²) in [5.74, 6) is -1.84. The number of rotatable bonds is 8. The Bertz CT molecular complexity index is 1550. The molecule has 1 amide bonds. The van der Waals surface area contributed by atoms with Crippen molar-refractivity contribution in [3.8, 4) is 0 Å². The van der Waals surface area contributed by atoms with Crippen LogP contribution in [0.15, 0.2) is 36.4 Å². The zero-order valence-corrected chi connectivity index (χ0v) is 28.2. The second-order valence-electron chi connectivity index (χ2n) is 14.2. The van der Waals surface area contributed by atoms with Crippen LogP contribution in [0.3, 0.4) is 0 Å². The van der Waals surface area contributed by atoms with Gasteiger partial charge in [0.25, 0.3) is 0 Å². The van der Waals surface area contributed by atoms with Gasteiger partial charge >= 0.3 is 0 Å². The number of benzene rings is 2. The molecule has 5 rings (SSSR count). The van der Waals surface area contributed by atoms with Crippen molar-refractivity contribution < 1.29 is 22.4 Å². The van der Waals surface area contributed by atoms with Crippen molar-refractivity contribution in [2.45, 2.75) is 108 Å². The Kier molecular flexibility index (Phi) is 9.31. The fraction of sp³-hybridized carbons (Fsp3) is 0.576. The van der Waals surface area contributed by atoms with Crippen LogP contribution in [0, 0.1) is 17.2 Å². The van der Waals surface area contributed by atoms with Crippen molar-refractivity contribution in [2.24, 2.45) is 11.3 Å². The van der Waals surface area contributed by atoms with Crippen molar-refractivity contribution in [3.63, 3.8) is 0 Å². The molecule has 3 aliphatic rings. The second-order valence-corrected chi connectivity index (χ2v) is 17.3. The van der Waals surface area contributed by atoms with Gasteiger partial charge in [0.15, 0.2) is 5.78 Å². The standard InChI is InChI=1S/C33H42Cl2FN3O4S/c1-18(2)44(42,43)39-21-12-9-19(10-13-21)15-26(40)30-28(22-7-6-8-24(35)29(22)36)33(27(38-30)17-32(3,4)5)23-14-11-20(34)16-25(23)37-31(33)41/h6-8,11,14,16,18-19,21,27-28,30,38-39H,9-10,12-13,15,17H2,1-5H3,(H,37,41)/t19?,21?,27-,28+,30+,33+/m1/s1. The van der Waals surface area contributed by atoms with E-state index in [0.717, 1.165) is 0 Å². The minimum absolute atomic E-state index is 0.0510. The summed E-state index contributed by atoms with van der Waals surface area (Å²) in [6.45, 7) is 9.53. The highest BCUT2D eigenvalue weighted by Gasteiger charge is 2.66. The number of fused-ring (bicyclic) bond motifs is 2. The summed E-state index contributed by atoms with van der Waals surface area (Å²) in [7, 11) is -3.38. The smallest absolute Gasteiger partial charge is 0.237 e. The van der Waals surface area contributed by atoms with Gasteiger partial charge in [0.1, 0.15) is 11.2 Å². The molecule has 44 heavy (non-hydrogen) atoms. The maximum atomic E-state index is 16.0. The van der Waals surface area contributed by atoms with Gasteiger partial charge in [-0.3, -0.25) is 9.59 Å². The van der Waals surface area contributed by atoms with Crippen LogP contribution in [0.4, 0.5) is 10.1 Å². The van der Waals surface area contributed by atoms with Crippen LogP contribution >= 0.6 is 23.2 Å². The molecular weight excluding hydrogens is 624 g/mol. The minimum Gasteiger partial charge on any atom is -0.325 e. The molecule has 1 aliphatic carbocycles. The molecule has 1 saturated carbocycles. The maximum absolute atomic E-state index is 16.0. The molecule has 2 aliphatic heterocycles. The number of carbonyl (C=O) groups is 2. The first-order chi connectivity index (χ1) is 20.5. The zero-order valence-electron chi connectivity index (χ0n) is 25.8. The fourth-order valence-electron chi connectivity index (χ4n) is 7.47. The lowest BCUT2D eigenvalue weighted by Crippen LogP contribution is -2.49. The summed E-state index contributed by atoms with van der Waals surface area (Å²) in [5.41, 5.74) is -0.0371. The van der Waals surface area contributed by atoms with Crippen molar-refractivity contribution in [1.82, 2.24) is 10.0 Å². The van der Waals surface area contributed by atoms with Gasteiger partial charge in [-0.1, -0.05) is 62.2 Å². The van der Waals surface area contributed by atoms with Gasteiger partial charge in [0.2, 0.25) is 15.9 Å². The number of amides is 1. The summed E-state index contributed by atoms with van der Waals surface area (Å²) in [5, 5.41) is 6.44. The van der Waals surface area contributed by atoms with E-state index in [0.29, 0.717) is 48.4 Å². The van der Waals surface area contributed by atoms with E-state index in [9.17, 15) is 18.0 Å². The van der Waals surface area contributed by atoms with Crippen LogP contribution in [0.2, 0.25) is 10.0 Å². The van der Waals surface area contributed by atoms with E-state index in [1.54, 1.807) is 38.1 Å². The Balaban J connectivity index is 1.52. The van der Waals surface area contributed by atoms with Crippen molar-refractivity contribution in [1.29, 1.82) is 0 Å². The lowest BCUT2D eigenvalue weighted by atomic mass is 9.62. The Hall–Kier alpha value is -2.04. The molecule has 2 fully saturated rings. The highest BCUT2D eigenvalue weighted by Crippen LogP contribution is 2.57. The number of nitrogens with one attached hydrogen (secondary N) is 3. The molecule has 240 valence electrons. The highest BCUT2D eigenvalue weighted by atomic mass is 35.5. The van der Waals surface area contributed by atoms with E-state index < -0.39 is 44.5 Å². The number of carbonyl (C=O) groups excluding carboxylic acids is 2.